The number of nitrogens with two attached hydrogens (primary N) is 1. The van der Waals surface area contributed by atoms with Gasteiger partial charge in [0.2, 0.25) is 0 Å². The van der Waals surface area contributed by atoms with E-state index in [1.807, 2.05) is 0 Å². The number of rotatable bonds is 5. The lowest BCUT2D eigenvalue weighted by Gasteiger charge is -2.22. The monoisotopic (exact) mass is 291 g/mol. The molecule has 5 nitrogen and oxygen atoms in total. The van der Waals surface area contributed by atoms with Crippen molar-refractivity contribution in [2.45, 2.75) is 46.6 Å². The zero-order valence-electron chi connectivity index (χ0n) is 13.0. The molecule has 6 heteroatoms. The summed E-state index contributed by atoms with van der Waals surface area (Å²) in [5, 5.41) is 11.9. The highest BCUT2D eigenvalue weighted by Gasteiger charge is 2.21. The minimum absolute atomic E-state index is 0.149. The van der Waals surface area contributed by atoms with Crippen molar-refractivity contribution in [3.8, 4) is 11.4 Å². The average molecular weight is 291 g/mol. The highest BCUT2D eigenvalue weighted by atomic mass is 19.1. The lowest BCUT2D eigenvalue weighted by Crippen LogP contribution is -2.18. The van der Waals surface area contributed by atoms with Crippen molar-refractivity contribution >= 4 is 5.69 Å². The third kappa shape index (κ3) is 2.89. The molecule has 0 aliphatic heterocycles. The minimum Gasteiger partial charge on any atom is -0.398 e. The molecular weight excluding hydrogens is 269 g/mol. The molecule has 0 aliphatic rings. The van der Waals surface area contributed by atoms with E-state index in [0.29, 0.717) is 28.6 Å². The van der Waals surface area contributed by atoms with Crippen LogP contribution >= 0.6 is 0 Å². The first kappa shape index (κ1) is 15.4. The number of aromatic nitrogens is 4. The first-order chi connectivity index (χ1) is 9.99. The molecule has 114 valence electrons. The van der Waals surface area contributed by atoms with Crippen LogP contribution in [0.1, 0.15) is 45.2 Å². The second kappa shape index (κ2) is 6.20. The second-order valence-electron chi connectivity index (χ2n) is 5.44. The molecule has 1 heterocycles. The maximum absolute atomic E-state index is 13.9. The van der Waals surface area contributed by atoms with Crippen LogP contribution in [0.15, 0.2) is 12.1 Å². The summed E-state index contributed by atoms with van der Waals surface area (Å²) in [6, 6.07) is 3.31. The van der Waals surface area contributed by atoms with Crippen molar-refractivity contribution in [1.82, 2.24) is 20.2 Å². The van der Waals surface area contributed by atoms with Crippen LogP contribution in [0.25, 0.3) is 11.4 Å². The van der Waals surface area contributed by atoms with Gasteiger partial charge in [-0.25, -0.2) is 9.07 Å². The highest BCUT2D eigenvalue weighted by Crippen LogP contribution is 2.29. The van der Waals surface area contributed by atoms with Gasteiger partial charge in [-0.1, -0.05) is 26.7 Å². The molecule has 1 aromatic carbocycles. The Labute approximate surface area is 124 Å². The molecule has 2 aromatic rings. The van der Waals surface area contributed by atoms with E-state index in [9.17, 15) is 4.39 Å². The summed E-state index contributed by atoms with van der Waals surface area (Å²) in [6.07, 6.45) is 2.09. The fourth-order valence-electron chi connectivity index (χ4n) is 2.66. The number of hydrogen-bond donors (Lipinski definition) is 1. The van der Waals surface area contributed by atoms with E-state index in [4.69, 9.17) is 5.73 Å². The van der Waals surface area contributed by atoms with Crippen LogP contribution in [0.4, 0.5) is 10.1 Å². The van der Waals surface area contributed by atoms with Crippen molar-refractivity contribution in [3.63, 3.8) is 0 Å². The standard InChI is InChI=1S/C15H22FN5/c1-5-11(6-2)10(4)21-15(18-19-20-21)12-7-13(16)9(3)14(17)8-12/h7-8,10-11H,5-6,17H2,1-4H3. The van der Waals surface area contributed by atoms with Crippen LogP contribution in [-0.2, 0) is 0 Å². The van der Waals surface area contributed by atoms with Crippen LogP contribution in [0.3, 0.4) is 0 Å². The molecule has 1 atom stereocenters. The molecule has 1 aromatic heterocycles. The van der Waals surface area contributed by atoms with Crippen molar-refractivity contribution in [2.75, 3.05) is 5.73 Å². The largest absolute Gasteiger partial charge is 0.398 e. The molecule has 0 saturated carbocycles. The van der Waals surface area contributed by atoms with Gasteiger partial charge in [0.15, 0.2) is 5.82 Å². The van der Waals surface area contributed by atoms with Crippen molar-refractivity contribution in [1.29, 1.82) is 0 Å². The van der Waals surface area contributed by atoms with E-state index in [2.05, 4.69) is 36.3 Å². The Morgan fingerprint density at radius 1 is 1.29 bits per heavy atom. The summed E-state index contributed by atoms with van der Waals surface area (Å²) in [6.45, 7) is 8.05. The Morgan fingerprint density at radius 3 is 2.52 bits per heavy atom. The van der Waals surface area contributed by atoms with Crippen molar-refractivity contribution in [2.24, 2.45) is 5.92 Å². The van der Waals surface area contributed by atoms with Gasteiger partial charge in [0.25, 0.3) is 0 Å². The van der Waals surface area contributed by atoms with E-state index in [1.165, 1.54) is 6.07 Å². The van der Waals surface area contributed by atoms with Crippen LogP contribution in [0, 0.1) is 18.7 Å². The summed E-state index contributed by atoms with van der Waals surface area (Å²) in [5.74, 6) is 0.689. The molecular formula is C15H22FN5. The van der Waals surface area contributed by atoms with Gasteiger partial charge < -0.3 is 5.73 Å². The van der Waals surface area contributed by atoms with Gasteiger partial charge in [-0.05, 0) is 42.3 Å². The smallest absolute Gasteiger partial charge is 0.182 e. The highest BCUT2D eigenvalue weighted by molar-refractivity contribution is 5.64. The third-order valence-electron chi connectivity index (χ3n) is 4.25. The van der Waals surface area contributed by atoms with Gasteiger partial charge in [-0.15, -0.1) is 5.10 Å². The Balaban J connectivity index is 2.45. The number of hydrogen-bond acceptors (Lipinski definition) is 4. The molecule has 1 unspecified atom stereocenters. The Kier molecular flexibility index (Phi) is 4.55. The fourth-order valence-corrected chi connectivity index (χ4v) is 2.66. The maximum Gasteiger partial charge on any atom is 0.182 e. The van der Waals surface area contributed by atoms with Crippen molar-refractivity contribution in [3.05, 3.63) is 23.5 Å². The normalized spacial score (nSPS) is 12.9. The van der Waals surface area contributed by atoms with E-state index < -0.39 is 0 Å². The third-order valence-corrected chi connectivity index (χ3v) is 4.25. The summed E-state index contributed by atoms with van der Waals surface area (Å²) < 4.78 is 15.7. The summed E-state index contributed by atoms with van der Waals surface area (Å²) >= 11 is 0. The van der Waals surface area contributed by atoms with Gasteiger partial charge >= 0.3 is 0 Å². The predicted molar refractivity (Wildman–Crippen MR) is 81.1 cm³/mol. The summed E-state index contributed by atoms with van der Waals surface area (Å²) in [7, 11) is 0. The van der Waals surface area contributed by atoms with Crippen LogP contribution < -0.4 is 5.73 Å². The lowest BCUT2D eigenvalue weighted by molar-refractivity contribution is 0.309. The molecule has 21 heavy (non-hydrogen) atoms. The van der Waals surface area contributed by atoms with Crippen LogP contribution in [-0.4, -0.2) is 20.2 Å². The molecule has 0 fully saturated rings. The quantitative estimate of drug-likeness (QED) is 0.857. The molecule has 2 rings (SSSR count). The van der Waals surface area contributed by atoms with Crippen molar-refractivity contribution < 1.29 is 4.39 Å². The number of tetrazole rings is 1. The Morgan fingerprint density at radius 2 is 1.95 bits per heavy atom. The Bertz CT molecular complexity index is 595. The van der Waals surface area contributed by atoms with E-state index in [0.717, 1.165) is 12.8 Å². The molecule has 0 radical (unpaired) electrons. The SMILES string of the molecule is CCC(CC)C(C)n1nnnc1-c1cc(N)c(C)c(F)c1. The van der Waals surface area contributed by atoms with Crippen LogP contribution in [0.5, 0.6) is 0 Å². The molecule has 0 saturated heterocycles. The number of halogens is 1. The maximum atomic E-state index is 13.9. The molecule has 0 amide bonds. The first-order valence-corrected chi connectivity index (χ1v) is 7.33. The van der Waals surface area contributed by atoms with Gasteiger partial charge in [-0.2, -0.15) is 0 Å². The molecule has 0 aliphatic carbocycles. The molecule has 2 N–H and O–H groups in total. The molecule has 0 spiro atoms. The second-order valence-corrected chi connectivity index (χ2v) is 5.44. The molecule has 0 bridgehead atoms. The van der Waals surface area contributed by atoms with Gasteiger partial charge in [-0.3, -0.25) is 0 Å². The summed E-state index contributed by atoms with van der Waals surface area (Å²) in [4.78, 5) is 0. The number of nitrogen functional groups attached to an aromatic ring is 1. The zero-order chi connectivity index (χ0) is 15.6. The zero-order valence-corrected chi connectivity index (χ0v) is 13.0. The topological polar surface area (TPSA) is 69.6 Å². The predicted octanol–water partition coefficient (Wildman–Crippen LogP) is 3.37. The average Bonchev–Trinajstić information content (AvgIpc) is 2.94. The number of nitrogens with zero attached hydrogens (tertiary/aromatic N) is 4. The van der Waals surface area contributed by atoms with E-state index >= 15 is 0 Å². The number of anilines is 1. The van der Waals surface area contributed by atoms with Gasteiger partial charge in [0, 0.05) is 16.8 Å². The lowest BCUT2D eigenvalue weighted by atomic mass is 9.95. The van der Waals surface area contributed by atoms with Crippen LogP contribution in [0.2, 0.25) is 0 Å². The number of benzene rings is 1. The first-order valence-electron chi connectivity index (χ1n) is 7.33. The van der Waals surface area contributed by atoms with E-state index in [1.54, 1.807) is 17.7 Å². The Hall–Kier alpha value is -1.98. The fraction of sp³-hybridized carbons (Fsp3) is 0.533. The summed E-state index contributed by atoms with van der Waals surface area (Å²) in [5.41, 5.74) is 7.32. The van der Waals surface area contributed by atoms with E-state index in [-0.39, 0.29) is 11.9 Å². The van der Waals surface area contributed by atoms with Gasteiger partial charge in [0.1, 0.15) is 5.82 Å². The van der Waals surface area contributed by atoms with Gasteiger partial charge in [0.05, 0.1) is 6.04 Å². The minimum atomic E-state index is -0.338.